The van der Waals surface area contributed by atoms with Crippen molar-refractivity contribution in [2.24, 2.45) is 5.92 Å². The molecule has 2 N–H and O–H groups in total. The largest absolute Gasteiger partial charge is 0.368 e. The van der Waals surface area contributed by atoms with E-state index in [2.05, 4.69) is 15.2 Å². The van der Waals surface area contributed by atoms with Gasteiger partial charge in [-0.2, -0.15) is 8.42 Å². The second-order valence-corrected chi connectivity index (χ2v) is 8.62. The minimum atomic E-state index is -4.02. The Labute approximate surface area is 162 Å². The molecule has 6 nitrogen and oxygen atoms in total. The minimum Gasteiger partial charge on any atom is -0.368 e. The lowest BCUT2D eigenvalue weighted by atomic mass is 9.96. The molecule has 1 aromatic heterocycles. The van der Waals surface area contributed by atoms with Crippen LogP contribution in [0, 0.1) is 12.8 Å². The SMILES string of the molecule is Cc1ccc(S(=O)(=O)O)cc1.Clc1cc(N2C[C@@H]3CN[C@@H]3C2)cnc1Cl. The summed E-state index contributed by atoms with van der Waals surface area (Å²) in [6.45, 7) is 5.12. The summed E-state index contributed by atoms with van der Waals surface area (Å²) in [5, 5.41) is 4.32. The van der Waals surface area contributed by atoms with Gasteiger partial charge in [-0.05, 0) is 25.1 Å². The number of rotatable bonds is 2. The number of benzene rings is 1. The highest BCUT2D eigenvalue weighted by Gasteiger charge is 2.39. The van der Waals surface area contributed by atoms with Gasteiger partial charge in [0.25, 0.3) is 10.1 Å². The summed E-state index contributed by atoms with van der Waals surface area (Å²) in [4.78, 5) is 6.31. The standard InChI is InChI=1S/C10H11Cl2N3.C7H8O3S/c11-8-1-7(3-14-10(8)12)15-4-6-2-13-9(6)5-15;1-6-2-4-7(5-3-6)11(8,9)10/h1,3,6,9,13H,2,4-5H2;2-5H,1H3,(H,8,9,10)/t6-,9+;/m0./s1. The number of aryl methyl sites for hydroxylation is 1. The van der Waals surface area contributed by atoms with Crippen molar-refractivity contribution in [3.05, 3.63) is 52.3 Å². The Kier molecular flexibility index (Phi) is 5.74. The molecule has 0 aliphatic carbocycles. The van der Waals surface area contributed by atoms with Crippen LogP contribution in [0.2, 0.25) is 10.2 Å². The molecule has 4 rings (SSSR count). The summed E-state index contributed by atoms with van der Waals surface area (Å²) in [7, 11) is -4.02. The highest BCUT2D eigenvalue weighted by Crippen LogP contribution is 2.30. The fraction of sp³-hybridized carbons (Fsp3) is 0.353. The van der Waals surface area contributed by atoms with Crippen LogP contribution in [0.15, 0.2) is 41.4 Å². The van der Waals surface area contributed by atoms with Crippen LogP contribution in [0.1, 0.15) is 5.56 Å². The molecule has 0 bridgehead atoms. The molecule has 2 fully saturated rings. The summed E-state index contributed by atoms with van der Waals surface area (Å²) in [6, 6.07) is 8.53. The Morgan fingerprint density at radius 3 is 2.38 bits per heavy atom. The zero-order valence-electron chi connectivity index (χ0n) is 14.1. The predicted molar refractivity (Wildman–Crippen MR) is 103 cm³/mol. The molecule has 3 heterocycles. The maximum atomic E-state index is 10.5. The highest BCUT2D eigenvalue weighted by atomic mass is 35.5. The molecule has 2 saturated heterocycles. The molecule has 0 saturated carbocycles. The molecule has 0 spiro atoms. The number of nitrogens with one attached hydrogen (secondary N) is 1. The van der Waals surface area contributed by atoms with Gasteiger partial charge in [-0.3, -0.25) is 4.55 Å². The molecule has 2 aliphatic rings. The van der Waals surface area contributed by atoms with Crippen LogP contribution in [-0.2, 0) is 10.1 Å². The lowest BCUT2D eigenvalue weighted by molar-refractivity contribution is 0.297. The normalized spacial score (nSPS) is 21.5. The van der Waals surface area contributed by atoms with E-state index in [1.807, 2.05) is 13.0 Å². The number of aromatic nitrogens is 1. The number of halogens is 2. The van der Waals surface area contributed by atoms with E-state index in [0.29, 0.717) is 16.2 Å². The first-order valence-corrected chi connectivity index (χ1v) is 10.3. The number of pyridine rings is 1. The Bertz CT molecular complexity index is 879. The average Bonchev–Trinajstić information content (AvgIpc) is 2.85. The first-order chi connectivity index (χ1) is 12.2. The van der Waals surface area contributed by atoms with Crippen molar-refractivity contribution in [1.82, 2.24) is 10.3 Å². The van der Waals surface area contributed by atoms with Gasteiger partial charge in [-0.25, -0.2) is 4.98 Å². The van der Waals surface area contributed by atoms with E-state index < -0.39 is 10.1 Å². The molecule has 1 aromatic carbocycles. The van der Waals surface area contributed by atoms with Gasteiger partial charge in [-0.15, -0.1) is 0 Å². The lowest BCUT2D eigenvalue weighted by Crippen LogP contribution is -2.51. The quantitative estimate of drug-likeness (QED) is 0.579. The van der Waals surface area contributed by atoms with Crippen LogP contribution in [0.4, 0.5) is 5.69 Å². The fourth-order valence-corrected chi connectivity index (χ4v) is 3.70. The van der Waals surface area contributed by atoms with E-state index >= 15 is 0 Å². The third kappa shape index (κ3) is 4.47. The maximum Gasteiger partial charge on any atom is 0.294 e. The van der Waals surface area contributed by atoms with Crippen LogP contribution in [0.25, 0.3) is 0 Å². The second-order valence-electron chi connectivity index (χ2n) is 6.43. The predicted octanol–water partition coefficient (Wildman–Crippen LogP) is 3.04. The summed E-state index contributed by atoms with van der Waals surface area (Å²) in [6.07, 6.45) is 1.79. The summed E-state index contributed by atoms with van der Waals surface area (Å²) < 4.78 is 29.6. The Balaban J connectivity index is 0.000000160. The third-order valence-electron chi connectivity index (χ3n) is 4.55. The van der Waals surface area contributed by atoms with Crippen molar-refractivity contribution in [2.75, 3.05) is 24.5 Å². The van der Waals surface area contributed by atoms with Gasteiger partial charge in [-0.1, -0.05) is 40.9 Å². The summed E-state index contributed by atoms with van der Waals surface area (Å²) in [5.74, 6) is 0.791. The lowest BCUT2D eigenvalue weighted by Gasteiger charge is -2.29. The second kappa shape index (κ2) is 7.70. The van der Waals surface area contributed by atoms with Crippen LogP contribution in [0.3, 0.4) is 0 Å². The summed E-state index contributed by atoms with van der Waals surface area (Å²) in [5.41, 5.74) is 2.03. The van der Waals surface area contributed by atoms with E-state index in [1.165, 1.54) is 12.1 Å². The van der Waals surface area contributed by atoms with E-state index in [0.717, 1.165) is 36.8 Å². The molecular formula is C17H19Cl2N3O3S. The van der Waals surface area contributed by atoms with Crippen molar-refractivity contribution >= 4 is 39.0 Å². The van der Waals surface area contributed by atoms with Crippen molar-refractivity contribution in [3.8, 4) is 0 Å². The highest BCUT2D eigenvalue weighted by molar-refractivity contribution is 7.85. The monoisotopic (exact) mass is 415 g/mol. The van der Waals surface area contributed by atoms with Crippen LogP contribution in [-0.4, -0.2) is 43.6 Å². The van der Waals surface area contributed by atoms with E-state index in [9.17, 15) is 8.42 Å². The first kappa shape index (κ1) is 19.4. The number of hydrogen-bond acceptors (Lipinski definition) is 5. The molecule has 0 radical (unpaired) electrons. The van der Waals surface area contributed by atoms with Gasteiger partial charge in [0.2, 0.25) is 0 Å². The van der Waals surface area contributed by atoms with Gasteiger partial charge in [0.05, 0.1) is 21.8 Å². The molecule has 2 aliphatic heterocycles. The first-order valence-electron chi connectivity index (χ1n) is 8.07. The van der Waals surface area contributed by atoms with Crippen molar-refractivity contribution in [1.29, 1.82) is 0 Å². The van der Waals surface area contributed by atoms with E-state index in [1.54, 1.807) is 18.3 Å². The number of anilines is 1. The Hall–Kier alpha value is -1.38. The summed E-state index contributed by atoms with van der Waals surface area (Å²) >= 11 is 11.7. The van der Waals surface area contributed by atoms with Crippen molar-refractivity contribution in [2.45, 2.75) is 17.9 Å². The fourth-order valence-electron chi connectivity index (χ4n) is 2.96. The number of nitrogens with zero attached hydrogens (tertiary/aromatic N) is 2. The molecule has 0 amide bonds. The molecule has 2 aromatic rings. The van der Waals surface area contributed by atoms with Crippen LogP contribution >= 0.6 is 23.2 Å². The molecule has 2 atom stereocenters. The van der Waals surface area contributed by atoms with Gasteiger partial charge >= 0.3 is 0 Å². The molecular weight excluding hydrogens is 397 g/mol. The number of hydrogen-bond donors (Lipinski definition) is 2. The molecule has 26 heavy (non-hydrogen) atoms. The van der Waals surface area contributed by atoms with Gasteiger partial charge in [0, 0.05) is 31.6 Å². The molecule has 0 unspecified atom stereocenters. The van der Waals surface area contributed by atoms with Crippen molar-refractivity contribution in [3.63, 3.8) is 0 Å². The maximum absolute atomic E-state index is 10.5. The smallest absolute Gasteiger partial charge is 0.294 e. The number of fused-ring (bicyclic) bond motifs is 1. The van der Waals surface area contributed by atoms with E-state index in [-0.39, 0.29) is 4.90 Å². The van der Waals surface area contributed by atoms with Gasteiger partial charge in [0.15, 0.2) is 0 Å². The van der Waals surface area contributed by atoms with Gasteiger partial charge in [0.1, 0.15) is 5.15 Å². The van der Waals surface area contributed by atoms with Crippen LogP contribution in [0.5, 0.6) is 0 Å². The minimum absolute atomic E-state index is 0.0666. The third-order valence-corrected chi connectivity index (χ3v) is 6.10. The van der Waals surface area contributed by atoms with E-state index in [4.69, 9.17) is 27.8 Å². The zero-order chi connectivity index (χ0) is 18.9. The van der Waals surface area contributed by atoms with Crippen LogP contribution < -0.4 is 10.2 Å². The zero-order valence-corrected chi connectivity index (χ0v) is 16.4. The van der Waals surface area contributed by atoms with Crippen molar-refractivity contribution < 1.29 is 13.0 Å². The average molecular weight is 416 g/mol. The molecule has 9 heteroatoms. The Morgan fingerprint density at radius 2 is 1.92 bits per heavy atom. The Morgan fingerprint density at radius 1 is 1.23 bits per heavy atom. The van der Waals surface area contributed by atoms with Gasteiger partial charge < -0.3 is 10.2 Å². The topological polar surface area (TPSA) is 82.5 Å². The molecule has 140 valence electrons.